The van der Waals surface area contributed by atoms with E-state index in [4.69, 9.17) is 14.2 Å². The number of hydrogen-bond donors (Lipinski definition) is 1. The molecule has 0 aromatic heterocycles. The third-order valence-corrected chi connectivity index (χ3v) is 7.31. The fourth-order valence-electron chi connectivity index (χ4n) is 5.61. The zero-order valence-electron chi connectivity index (χ0n) is 21.0. The van der Waals surface area contributed by atoms with E-state index in [1.54, 1.807) is 0 Å². The second-order valence-corrected chi connectivity index (χ2v) is 9.70. The van der Waals surface area contributed by atoms with Gasteiger partial charge in [0.2, 0.25) is 0 Å². The molecule has 1 aliphatic heterocycles. The van der Waals surface area contributed by atoms with E-state index >= 15 is 0 Å². The van der Waals surface area contributed by atoms with Crippen LogP contribution in [0.1, 0.15) is 70.8 Å². The summed E-state index contributed by atoms with van der Waals surface area (Å²) in [6.07, 6.45) is 5.35. The Labute approximate surface area is 206 Å². The minimum Gasteiger partial charge on any atom is -0.494 e. The van der Waals surface area contributed by atoms with Crippen molar-refractivity contribution >= 4 is 17.7 Å². The van der Waals surface area contributed by atoms with Gasteiger partial charge in [0.15, 0.2) is 5.78 Å². The molecule has 3 aliphatic rings. The number of rotatable bonds is 6. The van der Waals surface area contributed by atoms with Gasteiger partial charge >= 0.3 is 11.9 Å². The Bertz CT molecular complexity index is 1050. The number of hydrogen-bond acceptors (Lipinski definition) is 7. The molecule has 0 unspecified atom stereocenters. The van der Waals surface area contributed by atoms with E-state index in [0.29, 0.717) is 35.6 Å². The summed E-state index contributed by atoms with van der Waals surface area (Å²) in [5.74, 6) is -2.30. The maximum absolute atomic E-state index is 13.8. The molecule has 35 heavy (non-hydrogen) atoms. The zero-order valence-corrected chi connectivity index (χ0v) is 21.0. The molecular formula is C28H35NO6. The molecule has 188 valence electrons. The van der Waals surface area contributed by atoms with Crippen molar-refractivity contribution in [3.8, 4) is 5.75 Å². The lowest BCUT2D eigenvalue weighted by atomic mass is 9.69. The minimum absolute atomic E-state index is 0.113. The molecule has 1 N–H and O–H groups in total. The van der Waals surface area contributed by atoms with Gasteiger partial charge < -0.3 is 19.5 Å². The summed E-state index contributed by atoms with van der Waals surface area (Å²) in [5.41, 5.74) is 3.09. The average molecular weight is 482 g/mol. The maximum atomic E-state index is 13.8. The van der Waals surface area contributed by atoms with Gasteiger partial charge in [-0.05, 0) is 69.6 Å². The molecule has 1 aromatic carbocycles. The predicted molar refractivity (Wildman–Crippen MR) is 130 cm³/mol. The smallest absolute Gasteiger partial charge is 0.337 e. The molecule has 0 radical (unpaired) electrons. The van der Waals surface area contributed by atoms with Crippen LogP contribution in [-0.4, -0.2) is 37.5 Å². The molecule has 1 aromatic rings. The molecule has 0 amide bonds. The SMILES string of the molecule is CCOc1ccc([C@@H]2C(C(=O)OC3CCCCC3)=C(C)NC3=C2C(=O)[C@@H](C(=O)OC)[C@@H](C)C3)cc1. The lowest BCUT2D eigenvalue weighted by Gasteiger charge is -2.38. The van der Waals surface area contributed by atoms with Gasteiger partial charge in [0, 0.05) is 22.9 Å². The third-order valence-electron chi connectivity index (χ3n) is 7.31. The van der Waals surface area contributed by atoms with Crippen LogP contribution in [0.4, 0.5) is 0 Å². The van der Waals surface area contributed by atoms with E-state index in [1.165, 1.54) is 7.11 Å². The van der Waals surface area contributed by atoms with Crippen LogP contribution in [0.25, 0.3) is 0 Å². The third kappa shape index (κ3) is 5.00. The number of esters is 2. The Balaban J connectivity index is 1.77. The fraction of sp³-hybridized carbons (Fsp3) is 0.536. The lowest BCUT2D eigenvalue weighted by Crippen LogP contribution is -2.43. The first kappa shape index (κ1) is 25.0. The monoisotopic (exact) mass is 481 g/mol. The van der Waals surface area contributed by atoms with E-state index in [9.17, 15) is 14.4 Å². The molecule has 0 spiro atoms. The number of allylic oxidation sites excluding steroid dienone is 3. The second kappa shape index (κ2) is 10.7. The lowest BCUT2D eigenvalue weighted by molar-refractivity contribution is -0.151. The van der Waals surface area contributed by atoms with Gasteiger partial charge in [0.05, 0.1) is 19.3 Å². The van der Waals surface area contributed by atoms with Crippen LogP contribution in [0.2, 0.25) is 0 Å². The summed E-state index contributed by atoms with van der Waals surface area (Å²) in [5, 5.41) is 3.32. The van der Waals surface area contributed by atoms with Crippen molar-refractivity contribution in [2.24, 2.45) is 11.8 Å². The Morgan fingerprint density at radius 1 is 1.09 bits per heavy atom. The van der Waals surface area contributed by atoms with Crippen LogP contribution in [0.15, 0.2) is 46.8 Å². The van der Waals surface area contributed by atoms with Gasteiger partial charge in [-0.25, -0.2) is 4.79 Å². The summed E-state index contributed by atoms with van der Waals surface area (Å²) in [6, 6.07) is 7.44. The van der Waals surface area contributed by atoms with Crippen LogP contribution in [0.3, 0.4) is 0 Å². The molecule has 0 bridgehead atoms. The number of Topliss-reactive ketones (excluding diaryl/α,β-unsaturated/α-hetero) is 1. The number of nitrogens with one attached hydrogen (secondary N) is 1. The normalized spacial score (nSPS) is 25.0. The topological polar surface area (TPSA) is 90.9 Å². The van der Waals surface area contributed by atoms with Crippen molar-refractivity contribution in [1.29, 1.82) is 0 Å². The number of methoxy groups -OCH3 is 1. The van der Waals surface area contributed by atoms with E-state index in [1.807, 2.05) is 45.0 Å². The van der Waals surface area contributed by atoms with Gasteiger partial charge in [-0.3, -0.25) is 9.59 Å². The van der Waals surface area contributed by atoms with Crippen molar-refractivity contribution in [1.82, 2.24) is 5.32 Å². The standard InChI is InChI=1S/C28H35NO6/c1-5-34-19-13-11-18(12-14-19)24-23(28(32)35-20-9-7-6-8-10-20)17(3)29-21-15-16(2)22(27(31)33-4)26(30)25(21)24/h11-14,16,20,22,24,29H,5-10,15H2,1-4H3/t16-,22-,24+/m0/s1. The summed E-state index contributed by atoms with van der Waals surface area (Å²) in [6.45, 7) is 6.18. The van der Waals surface area contributed by atoms with Crippen molar-refractivity contribution in [2.45, 2.75) is 71.3 Å². The van der Waals surface area contributed by atoms with Gasteiger partial charge in [-0.2, -0.15) is 0 Å². The van der Waals surface area contributed by atoms with Crippen LogP contribution < -0.4 is 10.1 Å². The summed E-state index contributed by atoms with van der Waals surface area (Å²) in [7, 11) is 1.30. The first-order chi connectivity index (χ1) is 16.8. The van der Waals surface area contributed by atoms with E-state index in [2.05, 4.69) is 5.32 Å². The fourth-order valence-corrected chi connectivity index (χ4v) is 5.61. The maximum Gasteiger partial charge on any atom is 0.337 e. The molecule has 0 saturated heterocycles. The summed E-state index contributed by atoms with van der Waals surface area (Å²) >= 11 is 0. The van der Waals surface area contributed by atoms with Crippen LogP contribution in [0, 0.1) is 11.8 Å². The average Bonchev–Trinajstić information content (AvgIpc) is 2.84. The molecule has 4 rings (SSSR count). The molecule has 1 saturated carbocycles. The number of ether oxygens (including phenoxy) is 3. The molecule has 2 aliphatic carbocycles. The Morgan fingerprint density at radius 2 is 1.77 bits per heavy atom. The summed E-state index contributed by atoms with van der Waals surface area (Å²) in [4.78, 5) is 39.9. The highest BCUT2D eigenvalue weighted by Gasteiger charge is 2.47. The molecule has 1 fully saturated rings. The highest BCUT2D eigenvalue weighted by atomic mass is 16.5. The van der Waals surface area contributed by atoms with Crippen molar-refractivity contribution < 1.29 is 28.6 Å². The number of dihydropyridines is 1. The van der Waals surface area contributed by atoms with Crippen LogP contribution >= 0.6 is 0 Å². The Kier molecular flexibility index (Phi) is 7.63. The van der Waals surface area contributed by atoms with E-state index < -0.39 is 23.8 Å². The van der Waals surface area contributed by atoms with Crippen molar-refractivity contribution in [3.63, 3.8) is 0 Å². The quantitative estimate of drug-likeness (QED) is 0.470. The number of carbonyl (C=O) groups is 3. The van der Waals surface area contributed by atoms with Gasteiger partial charge in [-0.15, -0.1) is 0 Å². The highest BCUT2D eigenvalue weighted by molar-refractivity contribution is 6.12. The number of benzene rings is 1. The van der Waals surface area contributed by atoms with Gasteiger partial charge in [0.1, 0.15) is 17.8 Å². The van der Waals surface area contributed by atoms with Crippen molar-refractivity contribution in [2.75, 3.05) is 13.7 Å². The minimum atomic E-state index is -0.903. The van der Waals surface area contributed by atoms with Gasteiger partial charge in [-0.1, -0.05) is 25.5 Å². The summed E-state index contributed by atoms with van der Waals surface area (Å²) < 4.78 is 16.5. The first-order valence-electron chi connectivity index (χ1n) is 12.6. The van der Waals surface area contributed by atoms with E-state index in [0.717, 1.165) is 43.4 Å². The highest BCUT2D eigenvalue weighted by Crippen LogP contribution is 2.46. The first-order valence-corrected chi connectivity index (χ1v) is 12.6. The number of carbonyl (C=O) groups excluding carboxylic acids is 3. The molecule has 7 heteroatoms. The largest absolute Gasteiger partial charge is 0.494 e. The second-order valence-electron chi connectivity index (χ2n) is 9.70. The van der Waals surface area contributed by atoms with E-state index in [-0.39, 0.29) is 17.8 Å². The Hall–Kier alpha value is -3.09. The zero-order chi connectivity index (χ0) is 25.1. The van der Waals surface area contributed by atoms with Gasteiger partial charge in [0.25, 0.3) is 0 Å². The number of ketones is 1. The molecular weight excluding hydrogens is 446 g/mol. The molecule has 3 atom stereocenters. The van der Waals surface area contributed by atoms with Crippen LogP contribution in [0.5, 0.6) is 5.75 Å². The predicted octanol–water partition coefficient (Wildman–Crippen LogP) is 4.57. The molecule has 7 nitrogen and oxygen atoms in total. The Morgan fingerprint density at radius 3 is 2.40 bits per heavy atom. The van der Waals surface area contributed by atoms with Crippen molar-refractivity contribution in [3.05, 3.63) is 52.4 Å². The van der Waals surface area contributed by atoms with Crippen LogP contribution in [-0.2, 0) is 23.9 Å². The molecule has 1 heterocycles.